The summed E-state index contributed by atoms with van der Waals surface area (Å²) >= 11 is 3.37. The Bertz CT molecular complexity index is 486. The van der Waals surface area contributed by atoms with E-state index >= 15 is 0 Å². The quantitative estimate of drug-likeness (QED) is 0.825. The molecule has 1 N–H and O–H groups in total. The van der Waals surface area contributed by atoms with Crippen LogP contribution in [-0.4, -0.2) is 29.5 Å². The molecule has 0 fully saturated rings. The molecule has 5 nitrogen and oxygen atoms in total. The second-order valence-electron chi connectivity index (χ2n) is 5.70. The summed E-state index contributed by atoms with van der Waals surface area (Å²) in [6.45, 7) is 9.53. The maximum absolute atomic E-state index is 12.2. The summed E-state index contributed by atoms with van der Waals surface area (Å²) in [7, 11) is 1.67. The fourth-order valence-electron chi connectivity index (χ4n) is 1.82. The minimum Gasteiger partial charge on any atom is -0.383 e. The Morgan fingerprint density at radius 3 is 2.55 bits per heavy atom. The van der Waals surface area contributed by atoms with Gasteiger partial charge in [0.2, 0.25) is 0 Å². The highest BCUT2D eigenvalue weighted by Crippen LogP contribution is 2.19. The summed E-state index contributed by atoms with van der Waals surface area (Å²) in [5, 5.41) is 7.54. The lowest BCUT2D eigenvalue weighted by atomic mass is 10.1. The van der Waals surface area contributed by atoms with E-state index < -0.39 is 0 Å². The zero-order chi connectivity index (χ0) is 15.3. The number of ether oxygens (including phenoxy) is 1. The normalized spacial score (nSPS) is 13.0. The number of nitrogens with one attached hydrogen (secondary N) is 1. The first kappa shape index (κ1) is 17.2. The first-order valence-corrected chi connectivity index (χ1v) is 7.67. The van der Waals surface area contributed by atoms with Gasteiger partial charge in [0, 0.05) is 13.7 Å². The number of hydrogen-bond donors (Lipinski definition) is 1. The van der Waals surface area contributed by atoms with Crippen LogP contribution >= 0.6 is 15.9 Å². The second-order valence-corrected chi connectivity index (χ2v) is 6.50. The molecule has 0 aliphatic carbocycles. The van der Waals surface area contributed by atoms with E-state index in [9.17, 15) is 4.79 Å². The van der Waals surface area contributed by atoms with Crippen LogP contribution in [0, 0.1) is 11.8 Å². The van der Waals surface area contributed by atoms with E-state index in [1.54, 1.807) is 13.3 Å². The summed E-state index contributed by atoms with van der Waals surface area (Å²) in [6, 6.07) is 0.137. The molecule has 0 radical (unpaired) electrons. The van der Waals surface area contributed by atoms with E-state index in [1.807, 2.05) is 0 Å². The van der Waals surface area contributed by atoms with Gasteiger partial charge >= 0.3 is 0 Å². The highest BCUT2D eigenvalue weighted by Gasteiger charge is 2.16. The molecular weight excluding hydrogens is 322 g/mol. The number of anilines is 1. The summed E-state index contributed by atoms with van der Waals surface area (Å²) < 4.78 is 7.21. The van der Waals surface area contributed by atoms with Gasteiger partial charge in [-0.25, -0.2) is 4.68 Å². The van der Waals surface area contributed by atoms with E-state index in [0.717, 1.165) is 0 Å². The van der Waals surface area contributed by atoms with Gasteiger partial charge in [-0.3, -0.25) is 4.79 Å². The van der Waals surface area contributed by atoms with Gasteiger partial charge in [-0.15, -0.1) is 0 Å². The minimum absolute atomic E-state index is 0.108. The third-order valence-electron chi connectivity index (χ3n) is 3.01. The summed E-state index contributed by atoms with van der Waals surface area (Å²) in [5.74, 6) is 0.766. The SMILES string of the molecule is COCC(Nc1cnn(CC(C)C)c(=O)c1Br)C(C)C. The molecule has 0 aromatic carbocycles. The fourth-order valence-corrected chi connectivity index (χ4v) is 2.24. The van der Waals surface area contributed by atoms with Crippen LogP contribution in [0.1, 0.15) is 27.7 Å². The fraction of sp³-hybridized carbons (Fsp3) is 0.714. The van der Waals surface area contributed by atoms with Gasteiger partial charge in [-0.1, -0.05) is 27.7 Å². The van der Waals surface area contributed by atoms with E-state index in [0.29, 0.717) is 35.1 Å². The molecule has 0 saturated carbocycles. The average molecular weight is 346 g/mol. The lowest BCUT2D eigenvalue weighted by Crippen LogP contribution is -2.33. The van der Waals surface area contributed by atoms with Crippen LogP contribution in [0.5, 0.6) is 0 Å². The van der Waals surface area contributed by atoms with Crippen molar-refractivity contribution in [3.63, 3.8) is 0 Å². The van der Waals surface area contributed by atoms with Crippen LogP contribution in [0.4, 0.5) is 5.69 Å². The van der Waals surface area contributed by atoms with Crippen LogP contribution < -0.4 is 10.9 Å². The molecule has 1 atom stereocenters. The van der Waals surface area contributed by atoms with Gasteiger partial charge in [0.15, 0.2) is 0 Å². The number of aromatic nitrogens is 2. The Labute approximate surface area is 128 Å². The van der Waals surface area contributed by atoms with Crippen molar-refractivity contribution >= 4 is 21.6 Å². The predicted molar refractivity (Wildman–Crippen MR) is 85.2 cm³/mol. The molecular formula is C14H24BrN3O2. The van der Waals surface area contributed by atoms with Crippen LogP contribution in [0.3, 0.4) is 0 Å². The topological polar surface area (TPSA) is 56.1 Å². The third kappa shape index (κ3) is 4.59. The third-order valence-corrected chi connectivity index (χ3v) is 3.78. The number of rotatable bonds is 7. The van der Waals surface area contributed by atoms with Crippen molar-refractivity contribution < 1.29 is 4.74 Å². The molecule has 1 unspecified atom stereocenters. The van der Waals surface area contributed by atoms with E-state index in [1.165, 1.54) is 4.68 Å². The van der Waals surface area contributed by atoms with Gasteiger partial charge in [0.05, 0.1) is 24.5 Å². The number of methoxy groups -OCH3 is 1. The Balaban J connectivity index is 2.97. The molecule has 1 heterocycles. The second kappa shape index (κ2) is 7.78. The molecule has 1 aromatic heterocycles. The van der Waals surface area contributed by atoms with Crippen molar-refractivity contribution in [3.05, 3.63) is 21.0 Å². The lowest BCUT2D eigenvalue weighted by molar-refractivity contribution is 0.171. The number of hydrogen-bond acceptors (Lipinski definition) is 4. The Hall–Kier alpha value is -0.880. The number of nitrogens with zero attached hydrogens (tertiary/aromatic N) is 2. The van der Waals surface area contributed by atoms with E-state index in [2.05, 4.69) is 54.0 Å². The zero-order valence-electron chi connectivity index (χ0n) is 12.8. The summed E-state index contributed by atoms with van der Waals surface area (Å²) in [6.07, 6.45) is 1.69. The monoisotopic (exact) mass is 345 g/mol. The van der Waals surface area contributed by atoms with Crippen molar-refractivity contribution in [2.75, 3.05) is 19.0 Å². The van der Waals surface area contributed by atoms with Crippen molar-refractivity contribution in [2.45, 2.75) is 40.3 Å². The van der Waals surface area contributed by atoms with E-state index in [-0.39, 0.29) is 11.6 Å². The molecule has 0 aliphatic rings. The smallest absolute Gasteiger partial charge is 0.283 e. The zero-order valence-corrected chi connectivity index (χ0v) is 14.4. The largest absolute Gasteiger partial charge is 0.383 e. The minimum atomic E-state index is -0.108. The molecule has 20 heavy (non-hydrogen) atoms. The Kier molecular flexibility index (Phi) is 6.68. The molecule has 6 heteroatoms. The van der Waals surface area contributed by atoms with Gasteiger partial charge in [0.25, 0.3) is 5.56 Å². The van der Waals surface area contributed by atoms with Gasteiger partial charge in [-0.2, -0.15) is 5.10 Å². The first-order valence-electron chi connectivity index (χ1n) is 6.87. The molecule has 114 valence electrons. The molecule has 0 amide bonds. The van der Waals surface area contributed by atoms with Crippen molar-refractivity contribution in [2.24, 2.45) is 11.8 Å². The first-order chi connectivity index (χ1) is 9.36. The number of halogens is 1. The molecule has 0 aliphatic heterocycles. The molecule has 1 aromatic rings. The van der Waals surface area contributed by atoms with Crippen LogP contribution in [-0.2, 0) is 11.3 Å². The maximum Gasteiger partial charge on any atom is 0.283 e. The highest BCUT2D eigenvalue weighted by molar-refractivity contribution is 9.10. The lowest BCUT2D eigenvalue weighted by Gasteiger charge is -2.23. The van der Waals surface area contributed by atoms with E-state index in [4.69, 9.17) is 4.74 Å². The highest BCUT2D eigenvalue weighted by atomic mass is 79.9. The molecule has 0 bridgehead atoms. The molecule has 1 rings (SSSR count). The van der Waals surface area contributed by atoms with Crippen LogP contribution in [0.15, 0.2) is 15.5 Å². The van der Waals surface area contributed by atoms with Crippen LogP contribution in [0.25, 0.3) is 0 Å². The summed E-state index contributed by atoms with van der Waals surface area (Å²) in [5.41, 5.74) is 0.606. The van der Waals surface area contributed by atoms with Crippen molar-refractivity contribution in [1.29, 1.82) is 0 Å². The van der Waals surface area contributed by atoms with Gasteiger partial charge < -0.3 is 10.1 Å². The molecule has 0 saturated heterocycles. The van der Waals surface area contributed by atoms with Crippen LogP contribution in [0.2, 0.25) is 0 Å². The van der Waals surface area contributed by atoms with Crippen molar-refractivity contribution in [1.82, 2.24) is 9.78 Å². The Morgan fingerprint density at radius 2 is 2.05 bits per heavy atom. The standard InChI is InChI=1S/C14H24BrN3O2/c1-9(2)7-18-14(19)13(15)11(6-16-18)17-12(8-20-5)10(3)4/h6,9-10,12,17H,7-8H2,1-5H3. The van der Waals surface area contributed by atoms with Gasteiger partial charge in [0.1, 0.15) is 4.47 Å². The predicted octanol–water partition coefficient (Wildman–Crippen LogP) is 2.74. The summed E-state index contributed by atoms with van der Waals surface area (Å²) in [4.78, 5) is 12.2. The van der Waals surface area contributed by atoms with Gasteiger partial charge in [-0.05, 0) is 27.8 Å². The maximum atomic E-state index is 12.2. The molecule has 0 spiro atoms. The average Bonchev–Trinajstić information content (AvgIpc) is 2.36. The van der Waals surface area contributed by atoms with Crippen molar-refractivity contribution in [3.8, 4) is 0 Å². The Morgan fingerprint density at radius 1 is 1.40 bits per heavy atom.